The quantitative estimate of drug-likeness (QED) is 0.491. The Labute approximate surface area is 128 Å². The lowest BCUT2D eigenvalue weighted by molar-refractivity contribution is -0.385. The van der Waals surface area contributed by atoms with Gasteiger partial charge in [0.1, 0.15) is 0 Å². The number of amides is 1. The van der Waals surface area contributed by atoms with E-state index in [1.165, 1.54) is 6.07 Å². The van der Waals surface area contributed by atoms with Crippen LogP contribution in [0.25, 0.3) is 0 Å². The molecule has 0 atom stereocenters. The number of nitro benzene ring substituents is 1. The fourth-order valence-electron chi connectivity index (χ4n) is 2.41. The molecule has 0 unspecified atom stereocenters. The first kappa shape index (κ1) is 16.2. The number of hydrogen-bond acceptors (Lipinski definition) is 5. The van der Waals surface area contributed by atoms with Gasteiger partial charge >= 0.3 is 5.69 Å². The highest BCUT2D eigenvalue weighted by molar-refractivity contribution is 5.76. The van der Waals surface area contributed by atoms with Gasteiger partial charge in [-0.05, 0) is 25.3 Å². The summed E-state index contributed by atoms with van der Waals surface area (Å²) in [6.07, 6.45) is 1.79. The summed E-state index contributed by atoms with van der Waals surface area (Å²) in [5, 5.41) is 20.2. The molecule has 0 spiro atoms. The Balaban J connectivity index is 1.73. The van der Waals surface area contributed by atoms with Crippen LogP contribution in [-0.2, 0) is 4.79 Å². The molecule has 7 heteroatoms. The third kappa shape index (κ3) is 4.42. The lowest BCUT2D eigenvalue weighted by atomic mass is 10.1. The van der Waals surface area contributed by atoms with Crippen molar-refractivity contribution in [2.75, 3.05) is 19.7 Å². The average Bonchev–Trinajstić information content (AvgIpc) is 2.52. The zero-order valence-electron chi connectivity index (χ0n) is 12.3. The van der Waals surface area contributed by atoms with Gasteiger partial charge in [0.2, 0.25) is 5.91 Å². The van der Waals surface area contributed by atoms with Crippen molar-refractivity contribution in [1.29, 1.82) is 0 Å². The topological polar surface area (TPSA) is 92.9 Å². The Bertz CT molecular complexity index is 526. The van der Waals surface area contributed by atoms with Crippen molar-refractivity contribution in [3.8, 4) is 5.75 Å². The van der Waals surface area contributed by atoms with Gasteiger partial charge in [-0.3, -0.25) is 14.9 Å². The zero-order chi connectivity index (χ0) is 15.9. The molecular weight excluding hydrogens is 288 g/mol. The van der Waals surface area contributed by atoms with Crippen LogP contribution in [0.2, 0.25) is 0 Å². The molecule has 0 aliphatic carbocycles. The molecule has 0 radical (unpaired) electrons. The number of carbonyl (C=O) groups is 1. The summed E-state index contributed by atoms with van der Waals surface area (Å²) in [6.45, 7) is 1.43. The Morgan fingerprint density at radius 1 is 1.36 bits per heavy atom. The van der Waals surface area contributed by atoms with E-state index in [1.54, 1.807) is 23.1 Å². The second-order valence-corrected chi connectivity index (χ2v) is 5.29. The van der Waals surface area contributed by atoms with Gasteiger partial charge in [0, 0.05) is 25.6 Å². The lowest BCUT2D eigenvalue weighted by Crippen LogP contribution is -2.40. The van der Waals surface area contributed by atoms with E-state index in [4.69, 9.17) is 4.74 Å². The van der Waals surface area contributed by atoms with Crippen LogP contribution in [0.4, 0.5) is 5.69 Å². The Morgan fingerprint density at radius 2 is 2.05 bits per heavy atom. The first-order valence-electron chi connectivity index (χ1n) is 7.40. The summed E-state index contributed by atoms with van der Waals surface area (Å²) < 4.78 is 5.40. The third-order valence-electron chi connectivity index (χ3n) is 3.67. The highest BCUT2D eigenvalue weighted by Gasteiger charge is 2.21. The normalized spacial score (nSPS) is 15.6. The maximum absolute atomic E-state index is 12.0. The number of nitrogens with zero attached hydrogens (tertiary/aromatic N) is 2. The number of likely N-dealkylation sites (tertiary alicyclic amines) is 1. The molecular formula is C15H20N2O5. The number of rotatable bonds is 6. The molecule has 1 heterocycles. The minimum Gasteiger partial charge on any atom is -0.487 e. The van der Waals surface area contributed by atoms with Gasteiger partial charge in [-0.2, -0.15) is 0 Å². The van der Waals surface area contributed by atoms with Crippen LogP contribution in [0.3, 0.4) is 0 Å². The summed E-state index contributed by atoms with van der Waals surface area (Å²) in [6, 6.07) is 6.19. The number of aliphatic hydroxyl groups excluding tert-OH is 1. The van der Waals surface area contributed by atoms with Crippen LogP contribution in [0.1, 0.15) is 25.7 Å². The molecule has 1 saturated heterocycles. The number of hydrogen-bond donors (Lipinski definition) is 1. The van der Waals surface area contributed by atoms with Gasteiger partial charge in [0.15, 0.2) is 5.75 Å². The number of para-hydroxylation sites is 2. The number of aliphatic hydroxyl groups is 1. The third-order valence-corrected chi connectivity index (χ3v) is 3.67. The fourth-order valence-corrected chi connectivity index (χ4v) is 2.41. The van der Waals surface area contributed by atoms with Crippen LogP contribution in [-0.4, -0.2) is 46.6 Å². The molecule has 120 valence electrons. The molecule has 1 aromatic carbocycles. The number of carbonyl (C=O) groups excluding carboxylic acids is 1. The Kier molecular flexibility index (Phi) is 5.71. The largest absolute Gasteiger partial charge is 0.487 e. The van der Waals surface area contributed by atoms with Gasteiger partial charge in [-0.25, -0.2) is 0 Å². The van der Waals surface area contributed by atoms with E-state index in [0.29, 0.717) is 38.8 Å². The standard InChI is InChI=1S/C15H20N2O5/c18-12-7-9-16(10-8-12)15(19)6-3-11-22-14-5-2-1-4-13(14)17(20)21/h1-2,4-5,12,18H,3,6-11H2. The molecule has 1 amide bonds. The summed E-state index contributed by atoms with van der Waals surface area (Å²) in [5.74, 6) is 0.263. The first-order chi connectivity index (χ1) is 10.6. The van der Waals surface area contributed by atoms with E-state index in [9.17, 15) is 20.0 Å². The van der Waals surface area contributed by atoms with Crippen LogP contribution < -0.4 is 4.74 Å². The van der Waals surface area contributed by atoms with Crippen LogP contribution in [0, 0.1) is 10.1 Å². The van der Waals surface area contributed by atoms with Crippen LogP contribution in [0.15, 0.2) is 24.3 Å². The minimum absolute atomic E-state index is 0.0399. The summed E-state index contributed by atoms with van der Waals surface area (Å²) >= 11 is 0. The smallest absolute Gasteiger partial charge is 0.310 e. The first-order valence-corrected chi connectivity index (χ1v) is 7.40. The zero-order valence-corrected chi connectivity index (χ0v) is 12.3. The second kappa shape index (κ2) is 7.74. The van der Waals surface area contributed by atoms with Crippen molar-refractivity contribution >= 4 is 11.6 Å². The van der Waals surface area contributed by atoms with E-state index < -0.39 is 4.92 Å². The molecule has 22 heavy (non-hydrogen) atoms. The van der Waals surface area contributed by atoms with Gasteiger partial charge in [-0.15, -0.1) is 0 Å². The van der Waals surface area contributed by atoms with Gasteiger partial charge < -0.3 is 14.7 Å². The van der Waals surface area contributed by atoms with Crippen LogP contribution in [0.5, 0.6) is 5.75 Å². The maximum Gasteiger partial charge on any atom is 0.310 e. The number of benzene rings is 1. The number of nitro groups is 1. The summed E-state index contributed by atoms with van der Waals surface area (Å²) in [4.78, 5) is 24.1. The van der Waals surface area contributed by atoms with Crippen molar-refractivity contribution < 1.29 is 19.6 Å². The Morgan fingerprint density at radius 3 is 2.73 bits per heavy atom. The van der Waals surface area contributed by atoms with Crippen molar-refractivity contribution in [1.82, 2.24) is 4.90 Å². The minimum atomic E-state index is -0.487. The van der Waals surface area contributed by atoms with E-state index in [1.807, 2.05) is 0 Å². The molecule has 7 nitrogen and oxygen atoms in total. The number of piperidine rings is 1. The van der Waals surface area contributed by atoms with Crippen molar-refractivity contribution in [2.45, 2.75) is 31.8 Å². The predicted octanol–water partition coefficient (Wildman–Crippen LogP) is 1.74. The van der Waals surface area contributed by atoms with Crippen molar-refractivity contribution in [2.24, 2.45) is 0 Å². The molecule has 0 aromatic heterocycles. The SMILES string of the molecule is O=C(CCCOc1ccccc1[N+](=O)[O-])N1CCC(O)CC1. The van der Waals surface area contributed by atoms with E-state index >= 15 is 0 Å². The summed E-state index contributed by atoms with van der Waals surface area (Å²) in [7, 11) is 0. The molecule has 1 aliphatic heterocycles. The summed E-state index contributed by atoms with van der Waals surface area (Å²) in [5.41, 5.74) is -0.0705. The highest BCUT2D eigenvalue weighted by Crippen LogP contribution is 2.25. The molecule has 1 aromatic rings. The maximum atomic E-state index is 12.0. The molecule has 2 rings (SSSR count). The van der Waals surface area contributed by atoms with Gasteiger partial charge in [0.25, 0.3) is 0 Å². The molecule has 0 bridgehead atoms. The monoisotopic (exact) mass is 308 g/mol. The second-order valence-electron chi connectivity index (χ2n) is 5.29. The Hall–Kier alpha value is -2.15. The highest BCUT2D eigenvalue weighted by atomic mass is 16.6. The molecule has 1 N–H and O–H groups in total. The van der Waals surface area contributed by atoms with Crippen molar-refractivity contribution in [3.05, 3.63) is 34.4 Å². The lowest BCUT2D eigenvalue weighted by Gasteiger charge is -2.29. The fraction of sp³-hybridized carbons (Fsp3) is 0.533. The predicted molar refractivity (Wildman–Crippen MR) is 79.6 cm³/mol. The average molecular weight is 308 g/mol. The van der Waals surface area contributed by atoms with E-state index in [2.05, 4.69) is 0 Å². The van der Waals surface area contributed by atoms with Crippen LogP contribution >= 0.6 is 0 Å². The molecule has 1 fully saturated rings. The van der Waals surface area contributed by atoms with Gasteiger partial charge in [-0.1, -0.05) is 12.1 Å². The van der Waals surface area contributed by atoms with E-state index in [-0.39, 0.29) is 30.1 Å². The van der Waals surface area contributed by atoms with Gasteiger partial charge in [0.05, 0.1) is 17.6 Å². The van der Waals surface area contributed by atoms with E-state index in [0.717, 1.165) is 0 Å². The number of ether oxygens (including phenoxy) is 1. The molecule has 1 aliphatic rings. The van der Waals surface area contributed by atoms with Crippen molar-refractivity contribution in [3.63, 3.8) is 0 Å². The molecule has 0 saturated carbocycles.